The molecule has 2 rings (SSSR count). The highest BCUT2D eigenvalue weighted by Crippen LogP contribution is 2.55. The lowest BCUT2D eigenvalue weighted by molar-refractivity contribution is -0.0848. The average molecular weight is 635 g/mol. The lowest BCUT2D eigenvalue weighted by Gasteiger charge is -2.40. The SMILES string of the molecule is CCOP(=O)(CCC(C)(C)[C@H]1O[C@@H](n2ccc(=O)[nH]c2=O)C(OC)C1OP(OCCC#N)N(C(C)C)C(C)C)OCC. The lowest BCUT2D eigenvalue weighted by Crippen LogP contribution is -2.45. The first-order valence-corrected chi connectivity index (χ1v) is 17.2. The molecule has 1 aromatic heterocycles. The van der Waals surface area contributed by atoms with E-state index in [1.54, 1.807) is 13.8 Å². The van der Waals surface area contributed by atoms with Gasteiger partial charge in [-0.15, -0.1) is 0 Å². The smallest absolute Gasteiger partial charge is 0.330 e. The molecule has 240 valence electrons. The van der Waals surface area contributed by atoms with Gasteiger partial charge in [0, 0.05) is 31.5 Å². The summed E-state index contributed by atoms with van der Waals surface area (Å²) in [6, 6.07) is 3.44. The molecule has 13 nitrogen and oxygen atoms in total. The molecule has 1 aliphatic rings. The second-order valence-corrected chi connectivity index (χ2v) is 14.8. The van der Waals surface area contributed by atoms with Gasteiger partial charge in [-0.1, -0.05) is 13.8 Å². The third-order valence-electron chi connectivity index (χ3n) is 6.91. The second kappa shape index (κ2) is 16.6. The van der Waals surface area contributed by atoms with Crippen LogP contribution in [0.2, 0.25) is 0 Å². The Hall–Kier alpha value is -1.45. The van der Waals surface area contributed by atoms with E-state index in [1.807, 2.05) is 41.5 Å². The van der Waals surface area contributed by atoms with Gasteiger partial charge in [0.15, 0.2) is 6.23 Å². The maximum atomic E-state index is 13.3. The van der Waals surface area contributed by atoms with Gasteiger partial charge in [0.05, 0.1) is 44.6 Å². The molecule has 0 aromatic carbocycles. The minimum Gasteiger partial charge on any atom is -0.374 e. The van der Waals surface area contributed by atoms with Crippen molar-refractivity contribution in [2.45, 2.75) is 105 Å². The summed E-state index contributed by atoms with van der Waals surface area (Å²) in [5.74, 6) is 0. The predicted molar refractivity (Wildman–Crippen MR) is 160 cm³/mol. The number of H-pyrrole nitrogens is 1. The molecule has 0 amide bonds. The molecule has 1 aromatic rings. The molecule has 1 fully saturated rings. The summed E-state index contributed by atoms with van der Waals surface area (Å²) in [7, 11) is -3.55. The van der Waals surface area contributed by atoms with Crippen LogP contribution in [0, 0.1) is 16.7 Å². The number of hydrogen-bond acceptors (Lipinski definition) is 11. The number of nitrogens with one attached hydrogen (secondary N) is 1. The number of hydrogen-bond donors (Lipinski definition) is 1. The van der Waals surface area contributed by atoms with Crippen LogP contribution >= 0.6 is 16.1 Å². The summed E-state index contributed by atoms with van der Waals surface area (Å²) in [6.07, 6.45) is -1.07. The highest BCUT2D eigenvalue weighted by atomic mass is 31.2. The van der Waals surface area contributed by atoms with Crippen molar-refractivity contribution in [3.63, 3.8) is 0 Å². The first-order valence-electron chi connectivity index (χ1n) is 14.4. The minimum atomic E-state index is -3.35. The van der Waals surface area contributed by atoms with Crippen LogP contribution in [0.4, 0.5) is 0 Å². The molecule has 0 radical (unpaired) electrons. The van der Waals surface area contributed by atoms with Crippen LogP contribution in [0.15, 0.2) is 21.9 Å². The lowest BCUT2D eigenvalue weighted by atomic mass is 9.81. The summed E-state index contributed by atoms with van der Waals surface area (Å²) in [5.41, 5.74) is -1.86. The van der Waals surface area contributed by atoms with Gasteiger partial charge in [-0.3, -0.25) is 18.9 Å². The van der Waals surface area contributed by atoms with Gasteiger partial charge in [-0.25, -0.2) is 9.46 Å². The van der Waals surface area contributed by atoms with Gasteiger partial charge in [-0.2, -0.15) is 5.26 Å². The van der Waals surface area contributed by atoms with E-state index in [1.165, 1.54) is 23.9 Å². The quantitative estimate of drug-likeness (QED) is 0.175. The number of nitrogens with zero attached hydrogens (tertiary/aromatic N) is 3. The van der Waals surface area contributed by atoms with Crippen molar-refractivity contribution < 1.29 is 32.1 Å². The molecule has 2 heterocycles. The Morgan fingerprint density at radius 2 is 1.79 bits per heavy atom. The van der Waals surface area contributed by atoms with Crippen LogP contribution in [0.1, 0.15) is 74.5 Å². The van der Waals surface area contributed by atoms with Crippen LogP contribution in [0.3, 0.4) is 0 Å². The van der Waals surface area contributed by atoms with Gasteiger partial charge < -0.3 is 27.6 Å². The van der Waals surface area contributed by atoms with Crippen LogP contribution in [0.25, 0.3) is 0 Å². The Bertz CT molecular complexity index is 1170. The van der Waals surface area contributed by atoms with E-state index >= 15 is 0 Å². The van der Waals surface area contributed by atoms with Gasteiger partial charge in [0.25, 0.3) is 14.1 Å². The summed E-state index contributed by atoms with van der Waals surface area (Å²) in [5, 5.41) is 9.14. The van der Waals surface area contributed by atoms with Crippen molar-refractivity contribution in [1.29, 1.82) is 5.26 Å². The van der Waals surface area contributed by atoms with Crippen molar-refractivity contribution in [3.05, 3.63) is 33.1 Å². The van der Waals surface area contributed by atoms with Gasteiger partial charge >= 0.3 is 13.3 Å². The standard InChI is InChI=1S/C27H48N4O9P2/c1-10-37-42(34,38-11-2)18-14-27(7,8)24-22(40-41(36-17-12-15-28)31(19(3)4)20(5)6)23(35-9)25(39-24)30-16-13-21(32)29-26(30)33/h13,16,19-20,22-25H,10-12,14,17-18H2,1-9H3,(H,29,32,33)/t22?,23?,24-,25+,41?/m0/s1. The van der Waals surface area contributed by atoms with Gasteiger partial charge in [0.2, 0.25) is 0 Å². The van der Waals surface area contributed by atoms with Crippen LogP contribution in [0.5, 0.6) is 0 Å². The Morgan fingerprint density at radius 1 is 1.17 bits per heavy atom. The molecule has 1 aliphatic heterocycles. The fraction of sp³-hybridized carbons (Fsp3) is 0.815. The van der Waals surface area contributed by atoms with E-state index in [2.05, 4.69) is 15.7 Å². The number of rotatable bonds is 18. The van der Waals surface area contributed by atoms with Crippen LogP contribution < -0.4 is 11.2 Å². The topological polar surface area (TPSA) is 154 Å². The minimum absolute atomic E-state index is 0.0499. The average Bonchev–Trinajstić information content (AvgIpc) is 3.26. The molecule has 1 N–H and O–H groups in total. The maximum Gasteiger partial charge on any atom is 0.330 e. The molecule has 0 bridgehead atoms. The van der Waals surface area contributed by atoms with Gasteiger partial charge in [-0.05, 0) is 53.4 Å². The second-order valence-electron chi connectivity index (χ2n) is 11.2. The van der Waals surface area contributed by atoms with Crippen molar-refractivity contribution >= 4 is 16.1 Å². The van der Waals surface area contributed by atoms with E-state index in [0.717, 1.165) is 0 Å². The predicted octanol–water partition coefficient (Wildman–Crippen LogP) is 4.79. The zero-order valence-corrected chi connectivity index (χ0v) is 28.1. The highest BCUT2D eigenvalue weighted by Gasteiger charge is 2.54. The fourth-order valence-electron chi connectivity index (χ4n) is 5.01. The normalized spacial score (nSPS) is 22.3. The largest absolute Gasteiger partial charge is 0.374 e. The number of aromatic nitrogens is 2. The fourth-order valence-corrected chi connectivity index (χ4v) is 8.72. The molecule has 3 unspecified atom stereocenters. The molecule has 0 saturated carbocycles. The molecular formula is C27H48N4O9P2. The third-order valence-corrected chi connectivity index (χ3v) is 11.1. The van der Waals surface area contributed by atoms with E-state index in [0.29, 0.717) is 6.42 Å². The molecule has 15 heteroatoms. The zero-order chi connectivity index (χ0) is 31.7. The summed E-state index contributed by atoms with van der Waals surface area (Å²) < 4.78 is 53.2. The highest BCUT2D eigenvalue weighted by molar-refractivity contribution is 7.53. The first-order chi connectivity index (χ1) is 19.7. The summed E-state index contributed by atoms with van der Waals surface area (Å²) in [6.45, 7) is 16.3. The van der Waals surface area contributed by atoms with E-state index < -0.39 is 57.3 Å². The van der Waals surface area contributed by atoms with Gasteiger partial charge in [0.1, 0.15) is 12.2 Å². The Labute approximate surface area is 250 Å². The van der Waals surface area contributed by atoms with Crippen molar-refractivity contribution in [1.82, 2.24) is 14.2 Å². The van der Waals surface area contributed by atoms with Crippen LogP contribution in [-0.4, -0.2) is 77.7 Å². The molecule has 0 spiro atoms. The number of aromatic amines is 1. The number of ether oxygens (including phenoxy) is 2. The summed E-state index contributed by atoms with van der Waals surface area (Å²) >= 11 is 0. The molecular weight excluding hydrogens is 586 g/mol. The molecule has 1 saturated heterocycles. The van der Waals surface area contributed by atoms with Crippen molar-refractivity contribution in [3.8, 4) is 6.07 Å². The summed E-state index contributed by atoms with van der Waals surface area (Å²) in [4.78, 5) is 26.9. The Kier molecular flexibility index (Phi) is 14.5. The van der Waals surface area contributed by atoms with E-state index in [4.69, 9.17) is 32.8 Å². The molecule has 42 heavy (non-hydrogen) atoms. The molecule has 0 aliphatic carbocycles. The number of methoxy groups -OCH3 is 1. The van der Waals surface area contributed by atoms with Crippen LogP contribution in [-0.2, 0) is 32.1 Å². The Morgan fingerprint density at radius 3 is 2.29 bits per heavy atom. The van der Waals surface area contributed by atoms with Crippen molar-refractivity contribution in [2.75, 3.05) is 33.1 Å². The zero-order valence-electron chi connectivity index (χ0n) is 26.3. The van der Waals surface area contributed by atoms with E-state index in [9.17, 15) is 14.2 Å². The maximum absolute atomic E-state index is 13.3. The third kappa shape index (κ3) is 9.52. The van der Waals surface area contributed by atoms with Crippen molar-refractivity contribution in [2.24, 2.45) is 5.41 Å². The van der Waals surface area contributed by atoms with E-state index in [-0.39, 0.29) is 44.5 Å². The molecule has 5 atom stereocenters. The Balaban J connectivity index is 2.57. The first kappa shape index (κ1) is 36.7. The monoisotopic (exact) mass is 634 g/mol. The number of nitriles is 1.